The summed E-state index contributed by atoms with van der Waals surface area (Å²) in [7, 11) is 1.76. The second-order valence-electron chi connectivity index (χ2n) is 7.67. The van der Waals surface area contributed by atoms with E-state index in [0.29, 0.717) is 15.7 Å². The summed E-state index contributed by atoms with van der Waals surface area (Å²) in [6.07, 6.45) is -0.589. The molecule has 0 aliphatic carbocycles. The molecule has 0 aliphatic heterocycles. The van der Waals surface area contributed by atoms with Crippen LogP contribution in [0.25, 0.3) is 0 Å². The number of benzene rings is 1. The largest absolute Gasteiger partial charge is 0.444 e. The molecule has 1 aromatic heterocycles. The van der Waals surface area contributed by atoms with E-state index in [1.807, 2.05) is 20.8 Å². The SMILES string of the molecule is Cc1cc(C)c(N(C)C(=O)c2sc(NC(=O)OC(C)(C)C)nc2C)c(C)c1. The van der Waals surface area contributed by atoms with E-state index in [9.17, 15) is 9.59 Å². The molecule has 1 aromatic carbocycles. The van der Waals surface area contributed by atoms with Gasteiger partial charge in [-0.1, -0.05) is 29.0 Å². The van der Waals surface area contributed by atoms with E-state index in [4.69, 9.17) is 4.74 Å². The van der Waals surface area contributed by atoms with Gasteiger partial charge in [0.25, 0.3) is 5.91 Å². The molecular weight excluding hydrogens is 362 g/mol. The van der Waals surface area contributed by atoms with Gasteiger partial charge < -0.3 is 9.64 Å². The number of nitrogens with one attached hydrogen (secondary N) is 1. The predicted octanol–water partition coefficient (Wildman–Crippen LogP) is 5.00. The summed E-state index contributed by atoms with van der Waals surface area (Å²) in [5.74, 6) is -0.155. The van der Waals surface area contributed by atoms with Crippen molar-refractivity contribution >= 4 is 34.2 Å². The van der Waals surface area contributed by atoms with E-state index < -0.39 is 11.7 Å². The van der Waals surface area contributed by atoms with Crippen LogP contribution in [0.5, 0.6) is 0 Å². The monoisotopic (exact) mass is 389 g/mol. The van der Waals surface area contributed by atoms with Gasteiger partial charge in [-0.3, -0.25) is 10.1 Å². The molecule has 1 N–H and O–H groups in total. The lowest BCUT2D eigenvalue weighted by Gasteiger charge is -2.22. The smallest absolute Gasteiger partial charge is 0.413 e. The first kappa shape index (κ1) is 20.9. The van der Waals surface area contributed by atoms with Gasteiger partial charge >= 0.3 is 6.09 Å². The van der Waals surface area contributed by atoms with Crippen molar-refractivity contribution in [3.63, 3.8) is 0 Å². The Labute approximate surface area is 164 Å². The van der Waals surface area contributed by atoms with Crippen molar-refractivity contribution in [3.05, 3.63) is 39.4 Å². The van der Waals surface area contributed by atoms with E-state index >= 15 is 0 Å². The highest BCUT2D eigenvalue weighted by molar-refractivity contribution is 7.17. The third-order valence-electron chi connectivity index (χ3n) is 3.87. The lowest BCUT2D eigenvalue weighted by molar-refractivity contribution is 0.0635. The summed E-state index contributed by atoms with van der Waals surface area (Å²) in [5.41, 5.74) is 4.10. The quantitative estimate of drug-likeness (QED) is 0.802. The molecule has 0 saturated carbocycles. The molecule has 0 bridgehead atoms. The highest BCUT2D eigenvalue weighted by Gasteiger charge is 2.24. The Balaban J connectivity index is 2.25. The maximum atomic E-state index is 13.0. The minimum Gasteiger partial charge on any atom is -0.444 e. The molecule has 7 heteroatoms. The van der Waals surface area contributed by atoms with Crippen LogP contribution in [-0.4, -0.2) is 29.6 Å². The number of hydrogen-bond acceptors (Lipinski definition) is 5. The minimum absolute atomic E-state index is 0.155. The van der Waals surface area contributed by atoms with E-state index in [1.165, 1.54) is 0 Å². The Morgan fingerprint density at radius 2 is 1.67 bits per heavy atom. The molecule has 0 unspecified atom stereocenters. The van der Waals surface area contributed by atoms with Gasteiger partial charge in [0.1, 0.15) is 10.5 Å². The average Bonchev–Trinajstić information content (AvgIpc) is 2.83. The zero-order chi connectivity index (χ0) is 20.5. The molecule has 2 amide bonds. The fourth-order valence-corrected chi connectivity index (χ4v) is 3.92. The van der Waals surface area contributed by atoms with Crippen molar-refractivity contribution < 1.29 is 14.3 Å². The molecular formula is C20H27N3O3S. The maximum Gasteiger partial charge on any atom is 0.413 e. The van der Waals surface area contributed by atoms with Gasteiger partial charge in [-0.15, -0.1) is 0 Å². The van der Waals surface area contributed by atoms with Crippen molar-refractivity contribution in [2.45, 2.75) is 54.1 Å². The number of nitrogens with zero attached hydrogens (tertiary/aromatic N) is 2. The van der Waals surface area contributed by atoms with Crippen molar-refractivity contribution in [1.82, 2.24) is 4.98 Å². The Hall–Kier alpha value is -2.41. The van der Waals surface area contributed by atoms with Crippen LogP contribution in [0.3, 0.4) is 0 Å². The molecule has 0 saturated heterocycles. The van der Waals surface area contributed by atoms with Gasteiger partial charge in [-0.2, -0.15) is 0 Å². The fraction of sp³-hybridized carbons (Fsp3) is 0.450. The number of thiazole rings is 1. The van der Waals surface area contributed by atoms with Crippen molar-refractivity contribution in [2.24, 2.45) is 0 Å². The van der Waals surface area contributed by atoms with E-state index in [-0.39, 0.29) is 5.91 Å². The van der Waals surface area contributed by atoms with Crippen LogP contribution in [0.2, 0.25) is 0 Å². The number of rotatable bonds is 3. The van der Waals surface area contributed by atoms with Crippen molar-refractivity contribution in [1.29, 1.82) is 0 Å². The van der Waals surface area contributed by atoms with Gasteiger partial charge in [-0.05, 0) is 59.6 Å². The van der Waals surface area contributed by atoms with Crippen LogP contribution in [0, 0.1) is 27.7 Å². The van der Waals surface area contributed by atoms with Gasteiger partial charge in [0.15, 0.2) is 5.13 Å². The summed E-state index contributed by atoms with van der Waals surface area (Å²) in [6.45, 7) is 13.1. The standard InChI is InChI=1S/C20H27N3O3S/c1-11-9-12(2)15(13(3)10-11)23(8)17(24)16-14(4)21-18(27-16)22-19(25)26-20(5,6)7/h9-10H,1-8H3,(H,21,22,25). The lowest BCUT2D eigenvalue weighted by Crippen LogP contribution is -2.27. The van der Waals surface area contributed by atoms with Crippen LogP contribution < -0.4 is 10.2 Å². The third kappa shape index (κ3) is 5.07. The molecule has 1 heterocycles. The zero-order valence-electron chi connectivity index (χ0n) is 17.2. The highest BCUT2D eigenvalue weighted by atomic mass is 32.1. The number of anilines is 2. The van der Waals surface area contributed by atoms with E-state index in [0.717, 1.165) is 33.7 Å². The predicted molar refractivity (Wildman–Crippen MR) is 110 cm³/mol. The number of aryl methyl sites for hydroxylation is 4. The summed E-state index contributed by atoms with van der Waals surface area (Å²) in [5, 5.41) is 2.94. The normalized spacial score (nSPS) is 11.3. The zero-order valence-corrected chi connectivity index (χ0v) is 18.0. The maximum absolute atomic E-state index is 13.0. The Kier molecular flexibility index (Phi) is 5.94. The molecule has 0 atom stereocenters. The highest BCUT2D eigenvalue weighted by Crippen LogP contribution is 2.30. The van der Waals surface area contributed by atoms with Crippen LogP contribution in [0.1, 0.15) is 52.8 Å². The van der Waals surface area contributed by atoms with E-state index in [2.05, 4.69) is 22.4 Å². The topological polar surface area (TPSA) is 71.5 Å². The first-order chi connectivity index (χ1) is 12.4. The van der Waals surface area contributed by atoms with Crippen LogP contribution in [-0.2, 0) is 4.74 Å². The Morgan fingerprint density at radius 3 is 2.19 bits per heavy atom. The number of amides is 2. The van der Waals surface area contributed by atoms with E-state index in [1.54, 1.807) is 39.6 Å². The number of carbonyl (C=O) groups excluding carboxylic acids is 2. The summed E-state index contributed by atoms with van der Waals surface area (Å²) >= 11 is 1.15. The van der Waals surface area contributed by atoms with Gasteiger partial charge in [0.05, 0.1) is 5.69 Å². The summed E-state index contributed by atoms with van der Waals surface area (Å²) in [4.78, 5) is 31.4. The van der Waals surface area contributed by atoms with Crippen molar-refractivity contribution in [3.8, 4) is 0 Å². The van der Waals surface area contributed by atoms with Gasteiger partial charge in [-0.25, -0.2) is 9.78 Å². The molecule has 2 aromatic rings. The first-order valence-electron chi connectivity index (χ1n) is 8.72. The third-order valence-corrected chi connectivity index (χ3v) is 4.94. The lowest BCUT2D eigenvalue weighted by atomic mass is 10.0. The fourth-order valence-electron chi connectivity index (χ4n) is 2.99. The molecule has 0 radical (unpaired) electrons. The van der Waals surface area contributed by atoms with Crippen LogP contribution in [0.15, 0.2) is 12.1 Å². The number of hydrogen-bond donors (Lipinski definition) is 1. The summed E-state index contributed by atoms with van der Waals surface area (Å²) in [6, 6.07) is 4.11. The molecule has 146 valence electrons. The minimum atomic E-state index is -0.601. The van der Waals surface area contributed by atoms with Crippen LogP contribution >= 0.6 is 11.3 Å². The Bertz CT molecular complexity index is 858. The molecule has 6 nitrogen and oxygen atoms in total. The molecule has 0 aliphatic rings. The summed E-state index contributed by atoms with van der Waals surface area (Å²) < 4.78 is 5.23. The molecule has 0 spiro atoms. The number of carbonyl (C=O) groups is 2. The van der Waals surface area contributed by atoms with Crippen molar-refractivity contribution in [2.75, 3.05) is 17.3 Å². The molecule has 0 fully saturated rings. The Morgan fingerprint density at radius 1 is 1.11 bits per heavy atom. The average molecular weight is 390 g/mol. The molecule has 2 rings (SSSR count). The second-order valence-corrected chi connectivity index (χ2v) is 8.67. The van der Waals surface area contributed by atoms with Crippen LogP contribution in [0.4, 0.5) is 15.6 Å². The molecule has 27 heavy (non-hydrogen) atoms. The van der Waals surface area contributed by atoms with Gasteiger partial charge in [0.2, 0.25) is 0 Å². The first-order valence-corrected chi connectivity index (χ1v) is 9.54. The second kappa shape index (κ2) is 7.68. The number of aromatic nitrogens is 1. The number of ether oxygens (including phenoxy) is 1. The van der Waals surface area contributed by atoms with Gasteiger partial charge in [0, 0.05) is 12.7 Å².